The molecule has 2 saturated heterocycles. The van der Waals surface area contributed by atoms with Crippen LogP contribution in [0, 0.1) is 0 Å². The number of nitrogens with zero attached hydrogens (tertiary/aromatic N) is 4. The van der Waals surface area contributed by atoms with E-state index in [0.717, 1.165) is 72.1 Å². The van der Waals surface area contributed by atoms with E-state index in [1.807, 2.05) is 60.7 Å². The summed E-state index contributed by atoms with van der Waals surface area (Å²) in [5, 5.41) is 21.2. The number of anilines is 1. The molecule has 2 aliphatic rings. The van der Waals surface area contributed by atoms with Crippen molar-refractivity contribution in [2.45, 2.75) is 63.8 Å². The minimum atomic E-state index is -0.573. The number of carbonyl (C=O) groups excluding carboxylic acids is 2. The van der Waals surface area contributed by atoms with E-state index in [1.54, 1.807) is 17.9 Å². The standard InChI is InChI=1S/C39H46N6O6/c46-27-28-12-14-30(15-13-28)35-24-34(26-44-18-20-45(21-19-44)39-40-16-5-17-41-39)50-38(51-35)33-9-4-8-32(23-33)31-7-3-6-29(22-31)25-42-36(47)10-1-2-11-37(48)43-49/h3-9,12-17,22-23,34-35,38,46,49H,1-2,10-11,18-21,24-27H2,(H,42,47)(H,43,48)/t34-,35+,38+/m0/s1. The van der Waals surface area contributed by atoms with Crippen LogP contribution in [0.5, 0.6) is 0 Å². The van der Waals surface area contributed by atoms with E-state index < -0.39 is 12.2 Å². The topological polar surface area (TPSA) is 149 Å². The molecule has 2 fully saturated rings. The first kappa shape index (κ1) is 36.1. The van der Waals surface area contributed by atoms with Crippen molar-refractivity contribution in [2.75, 3.05) is 37.6 Å². The van der Waals surface area contributed by atoms with E-state index in [4.69, 9.17) is 14.7 Å². The number of amides is 2. The summed E-state index contributed by atoms with van der Waals surface area (Å²) in [5.41, 5.74) is 7.45. The fraction of sp³-hybridized carbons (Fsp3) is 0.385. The number of ether oxygens (including phenoxy) is 2. The Morgan fingerprint density at radius 2 is 1.49 bits per heavy atom. The van der Waals surface area contributed by atoms with Gasteiger partial charge >= 0.3 is 0 Å². The Kier molecular flexibility index (Phi) is 12.7. The number of unbranched alkanes of at least 4 members (excludes halogenated alkanes) is 1. The lowest BCUT2D eigenvalue weighted by atomic mass is 9.98. The van der Waals surface area contributed by atoms with Gasteiger partial charge in [-0.15, -0.1) is 0 Å². The van der Waals surface area contributed by atoms with Gasteiger partial charge in [-0.05, 0) is 58.9 Å². The Hall–Kier alpha value is -4.72. The smallest absolute Gasteiger partial charge is 0.243 e. The highest BCUT2D eigenvalue weighted by molar-refractivity contribution is 5.76. The highest BCUT2D eigenvalue weighted by Crippen LogP contribution is 2.39. The van der Waals surface area contributed by atoms with Gasteiger partial charge in [-0.25, -0.2) is 15.4 Å². The summed E-state index contributed by atoms with van der Waals surface area (Å²) in [4.78, 5) is 37.0. The number of nitrogens with one attached hydrogen (secondary N) is 2. The SMILES string of the molecule is O=C(CCCCC(=O)NCc1cccc(-c2cccc([C@@H]3O[C@H](CN4CCN(c5ncccn5)CC4)C[C@H](c4ccc(CO)cc4)O3)c2)c1)NO. The molecule has 1 aromatic heterocycles. The summed E-state index contributed by atoms with van der Waals surface area (Å²) in [5.74, 6) is 0.233. The highest BCUT2D eigenvalue weighted by atomic mass is 16.7. The molecule has 12 heteroatoms. The maximum absolute atomic E-state index is 12.4. The number of aromatic nitrogens is 2. The molecule has 2 aliphatic heterocycles. The van der Waals surface area contributed by atoms with Gasteiger partial charge in [-0.2, -0.15) is 0 Å². The zero-order chi connectivity index (χ0) is 35.4. The third-order valence-electron chi connectivity index (χ3n) is 9.38. The average molecular weight is 695 g/mol. The predicted octanol–water partition coefficient (Wildman–Crippen LogP) is 4.69. The molecule has 3 heterocycles. The van der Waals surface area contributed by atoms with Crippen LogP contribution in [0.4, 0.5) is 5.95 Å². The Bertz CT molecular complexity index is 1720. The van der Waals surface area contributed by atoms with Crippen molar-refractivity contribution in [3.8, 4) is 11.1 Å². The van der Waals surface area contributed by atoms with Crippen LogP contribution in [0.1, 0.15) is 66.8 Å². The molecule has 268 valence electrons. The van der Waals surface area contributed by atoms with E-state index >= 15 is 0 Å². The van der Waals surface area contributed by atoms with Crippen molar-refractivity contribution >= 4 is 17.8 Å². The lowest BCUT2D eigenvalue weighted by molar-refractivity contribution is -0.253. The number of hydrogen-bond acceptors (Lipinski definition) is 10. The van der Waals surface area contributed by atoms with Crippen LogP contribution in [-0.2, 0) is 32.2 Å². The van der Waals surface area contributed by atoms with E-state index in [9.17, 15) is 14.7 Å². The second kappa shape index (κ2) is 18.0. The second-order valence-electron chi connectivity index (χ2n) is 13.0. The van der Waals surface area contributed by atoms with Crippen LogP contribution in [0.25, 0.3) is 11.1 Å². The molecule has 6 rings (SSSR count). The Labute approximate surface area is 298 Å². The zero-order valence-corrected chi connectivity index (χ0v) is 28.7. The van der Waals surface area contributed by atoms with E-state index in [-0.39, 0.29) is 31.1 Å². The summed E-state index contributed by atoms with van der Waals surface area (Å²) in [6.07, 6.45) is 5.04. The van der Waals surface area contributed by atoms with Gasteiger partial charge in [0.25, 0.3) is 0 Å². The fourth-order valence-electron chi connectivity index (χ4n) is 6.55. The molecule has 0 saturated carbocycles. The molecule has 0 bridgehead atoms. The average Bonchev–Trinajstić information content (AvgIpc) is 3.19. The molecule has 12 nitrogen and oxygen atoms in total. The number of benzene rings is 3. The Morgan fingerprint density at radius 1 is 0.784 bits per heavy atom. The molecule has 0 unspecified atom stereocenters. The van der Waals surface area contributed by atoms with E-state index in [1.165, 1.54) is 0 Å². The molecule has 4 aromatic rings. The van der Waals surface area contributed by atoms with Crippen LogP contribution < -0.4 is 15.7 Å². The molecule has 51 heavy (non-hydrogen) atoms. The van der Waals surface area contributed by atoms with Crippen molar-refractivity contribution in [1.82, 2.24) is 25.7 Å². The summed E-state index contributed by atoms with van der Waals surface area (Å²) in [7, 11) is 0. The van der Waals surface area contributed by atoms with Crippen LogP contribution in [0.3, 0.4) is 0 Å². The third kappa shape index (κ3) is 10.2. The zero-order valence-electron chi connectivity index (χ0n) is 28.7. The monoisotopic (exact) mass is 694 g/mol. The quantitative estimate of drug-likeness (QED) is 0.0833. The summed E-state index contributed by atoms with van der Waals surface area (Å²) >= 11 is 0. The molecule has 0 aliphatic carbocycles. The first-order valence-electron chi connectivity index (χ1n) is 17.6. The van der Waals surface area contributed by atoms with Crippen LogP contribution in [0.2, 0.25) is 0 Å². The van der Waals surface area contributed by atoms with Crippen LogP contribution in [-0.4, -0.2) is 75.8 Å². The van der Waals surface area contributed by atoms with Crippen molar-refractivity contribution in [1.29, 1.82) is 0 Å². The first-order valence-corrected chi connectivity index (χ1v) is 17.6. The summed E-state index contributed by atoms with van der Waals surface area (Å²) < 4.78 is 13.4. The van der Waals surface area contributed by atoms with Gasteiger partial charge in [0.05, 0.1) is 18.8 Å². The lowest BCUT2D eigenvalue weighted by Gasteiger charge is -2.40. The predicted molar refractivity (Wildman–Crippen MR) is 191 cm³/mol. The summed E-state index contributed by atoms with van der Waals surface area (Å²) in [6.45, 7) is 4.62. The van der Waals surface area contributed by atoms with Crippen molar-refractivity contribution < 1.29 is 29.4 Å². The molecular weight excluding hydrogens is 648 g/mol. The second-order valence-corrected chi connectivity index (χ2v) is 13.0. The molecule has 2 amide bonds. The van der Waals surface area contributed by atoms with Crippen molar-refractivity contribution in [2.24, 2.45) is 0 Å². The first-order chi connectivity index (χ1) is 25.0. The minimum Gasteiger partial charge on any atom is -0.392 e. The maximum Gasteiger partial charge on any atom is 0.243 e. The van der Waals surface area contributed by atoms with E-state index in [0.29, 0.717) is 32.2 Å². The van der Waals surface area contributed by atoms with Gasteiger partial charge in [0.1, 0.15) is 0 Å². The van der Waals surface area contributed by atoms with Crippen molar-refractivity contribution in [3.05, 3.63) is 114 Å². The largest absolute Gasteiger partial charge is 0.392 e. The molecule has 3 atom stereocenters. The number of piperazine rings is 1. The van der Waals surface area contributed by atoms with Gasteiger partial charge in [0.15, 0.2) is 6.29 Å². The Balaban J connectivity index is 1.11. The molecule has 4 N–H and O–H groups in total. The van der Waals surface area contributed by atoms with Crippen LogP contribution >= 0.6 is 0 Å². The highest BCUT2D eigenvalue weighted by Gasteiger charge is 2.34. The number of aliphatic hydroxyl groups excluding tert-OH is 1. The van der Waals surface area contributed by atoms with Gasteiger partial charge in [-0.1, -0.05) is 60.7 Å². The fourth-order valence-corrected chi connectivity index (χ4v) is 6.55. The number of rotatable bonds is 14. The van der Waals surface area contributed by atoms with Crippen LogP contribution in [0.15, 0.2) is 91.3 Å². The molecule has 0 radical (unpaired) electrons. The molecular formula is C39H46N6O6. The van der Waals surface area contributed by atoms with Crippen molar-refractivity contribution in [3.63, 3.8) is 0 Å². The summed E-state index contributed by atoms with van der Waals surface area (Å²) in [6, 6.07) is 26.1. The van der Waals surface area contributed by atoms with E-state index in [2.05, 4.69) is 43.3 Å². The number of carbonyl (C=O) groups is 2. The van der Waals surface area contributed by atoms with Gasteiger partial charge < -0.3 is 24.8 Å². The normalized spacial score (nSPS) is 19.4. The minimum absolute atomic E-state index is 0.00603. The maximum atomic E-state index is 12.4. The van der Waals surface area contributed by atoms with Gasteiger partial charge in [-0.3, -0.25) is 19.7 Å². The van der Waals surface area contributed by atoms with Gasteiger partial charge in [0, 0.05) is 76.5 Å². The number of aliphatic hydroxyl groups is 1. The molecule has 0 spiro atoms. The number of hydroxylamine groups is 1. The number of hydrogen-bond donors (Lipinski definition) is 4. The third-order valence-corrected chi connectivity index (χ3v) is 9.38. The Morgan fingerprint density at radius 3 is 2.22 bits per heavy atom. The molecule has 3 aromatic carbocycles. The van der Waals surface area contributed by atoms with Gasteiger partial charge in [0.2, 0.25) is 17.8 Å². The lowest BCUT2D eigenvalue weighted by Crippen LogP contribution is -2.50.